The van der Waals surface area contributed by atoms with Gasteiger partial charge in [-0.05, 0) is 24.1 Å². The maximum absolute atomic E-state index is 5.68. The number of methoxy groups -OCH3 is 1. The maximum Gasteiger partial charge on any atom is 0.129 e. The van der Waals surface area contributed by atoms with Crippen LogP contribution in [-0.4, -0.2) is 18.7 Å². The molecule has 0 aliphatic carbocycles. The van der Waals surface area contributed by atoms with Gasteiger partial charge in [-0.1, -0.05) is 44.5 Å². The highest BCUT2D eigenvalue weighted by atomic mass is 32.1. The SMILES string of the molecule is CCCCCCOCc1ccc(OC)c(C(N)=S)c1. The summed E-state index contributed by atoms with van der Waals surface area (Å²) >= 11 is 5.02. The van der Waals surface area contributed by atoms with Crippen molar-refractivity contribution in [1.82, 2.24) is 0 Å². The van der Waals surface area contributed by atoms with Gasteiger partial charge in [-0.2, -0.15) is 0 Å². The van der Waals surface area contributed by atoms with Crippen LogP contribution in [0.25, 0.3) is 0 Å². The third-order valence-electron chi connectivity index (χ3n) is 2.94. The van der Waals surface area contributed by atoms with E-state index in [-0.39, 0.29) is 0 Å². The van der Waals surface area contributed by atoms with E-state index in [1.807, 2.05) is 18.2 Å². The lowest BCUT2D eigenvalue weighted by Gasteiger charge is -2.10. The van der Waals surface area contributed by atoms with Crippen LogP contribution in [0, 0.1) is 0 Å². The van der Waals surface area contributed by atoms with Crippen LogP contribution in [0.4, 0.5) is 0 Å². The largest absolute Gasteiger partial charge is 0.496 e. The zero-order valence-electron chi connectivity index (χ0n) is 11.8. The Labute approximate surface area is 121 Å². The summed E-state index contributed by atoms with van der Waals surface area (Å²) in [5, 5.41) is 0. The molecule has 0 radical (unpaired) electrons. The first-order valence-electron chi connectivity index (χ1n) is 6.73. The maximum atomic E-state index is 5.68. The molecule has 0 fully saturated rings. The van der Waals surface area contributed by atoms with E-state index in [1.165, 1.54) is 19.3 Å². The van der Waals surface area contributed by atoms with Gasteiger partial charge in [-0.25, -0.2) is 0 Å². The quantitative estimate of drug-likeness (QED) is 0.556. The first-order chi connectivity index (χ1) is 9.19. The summed E-state index contributed by atoms with van der Waals surface area (Å²) in [5.41, 5.74) is 7.52. The minimum absolute atomic E-state index is 0.349. The van der Waals surface area contributed by atoms with E-state index < -0.39 is 0 Å². The molecule has 0 aromatic heterocycles. The molecule has 0 heterocycles. The zero-order valence-corrected chi connectivity index (χ0v) is 12.6. The van der Waals surface area contributed by atoms with Gasteiger partial charge in [0.05, 0.1) is 19.3 Å². The van der Waals surface area contributed by atoms with Crippen LogP contribution in [-0.2, 0) is 11.3 Å². The number of rotatable bonds is 9. The molecule has 4 heteroatoms. The van der Waals surface area contributed by atoms with Crippen molar-refractivity contribution in [2.45, 2.75) is 39.2 Å². The minimum atomic E-state index is 0.349. The topological polar surface area (TPSA) is 44.5 Å². The van der Waals surface area contributed by atoms with Crippen molar-refractivity contribution in [2.24, 2.45) is 5.73 Å². The molecule has 0 unspecified atom stereocenters. The first-order valence-corrected chi connectivity index (χ1v) is 7.14. The molecule has 0 atom stereocenters. The molecule has 0 bridgehead atoms. The van der Waals surface area contributed by atoms with Gasteiger partial charge in [-0.3, -0.25) is 0 Å². The van der Waals surface area contributed by atoms with E-state index in [1.54, 1.807) is 7.11 Å². The molecule has 0 saturated heterocycles. The monoisotopic (exact) mass is 281 g/mol. The summed E-state index contributed by atoms with van der Waals surface area (Å²) < 4.78 is 10.9. The molecule has 0 amide bonds. The Morgan fingerprint density at radius 3 is 2.68 bits per heavy atom. The molecule has 0 aliphatic heterocycles. The second-order valence-electron chi connectivity index (χ2n) is 4.51. The highest BCUT2D eigenvalue weighted by molar-refractivity contribution is 7.80. The fraction of sp³-hybridized carbons (Fsp3) is 0.533. The molecule has 0 saturated carbocycles. The van der Waals surface area contributed by atoms with Gasteiger partial charge in [0, 0.05) is 6.61 Å². The number of hydrogen-bond donors (Lipinski definition) is 1. The van der Waals surface area contributed by atoms with E-state index >= 15 is 0 Å². The Kier molecular flexibility index (Phi) is 7.45. The molecular weight excluding hydrogens is 258 g/mol. The molecule has 106 valence electrons. The van der Waals surface area contributed by atoms with Crippen LogP contribution >= 0.6 is 12.2 Å². The molecule has 2 N–H and O–H groups in total. The Hall–Kier alpha value is -1.13. The molecule has 1 aromatic rings. The summed E-state index contributed by atoms with van der Waals surface area (Å²) in [6.07, 6.45) is 4.87. The van der Waals surface area contributed by atoms with Crippen molar-refractivity contribution in [3.05, 3.63) is 29.3 Å². The molecule has 1 aromatic carbocycles. The number of thiocarbonyl (C=S) groups is 1. The Bertz CT molecular complexity index is 407. The fourth-order valence-corrected chi connectivity index (χ4v) is 2.02. The molecule has 19 heavy (non-hydrogen) atoms. The second-order valence-corrected chi connectivity index (χ2v) is 4.95. The summed E-state index contributed by atoms with van der Waals surface area (Å²) in [4.78, 5) is 0.349. The number of hydrogen-bond acceptors (Lipinski definition) is 3. The average molecular weight is 281 g/mol. The van der Waals surface area contributed by atoms with Crippen molar-refractivity contribution in [3.8, 4) is 5.75 Å². The van der Waals surface area contributed by atoms with Crippen molar-refractivity contribution >= 4 is 17.2 Å². The third kappa shape index (κ3) is 5.57. The van der Waals surface area contributed by atoms with Gasteiger partial charge < -0.3 is 15.2 Å². The van der Waals surface area contributed by atoms with Gasteiger partial charge in [-0.15, -0.1) is 0 Å². The van der Waals surface area contributed by atoms with Crippen molar-refractivity contribution in [1.29, 1.82) is 0 Å². The predicted molar refractivity (Wildman–Crippen MR) is 82.7 cm³/mol. The summed E-state index contributed by atoms with van der Waals surface area (Å²) in [6, 6.07) is 5.80. The molecule has 3 nitrogen and oxygen atoms in total. The van der Waals surface area contributed by atoms with Crippen molar-refractivity contribution < 1.29 is 9.47 Å². The van der Waals surface area contributed by atoms with Crippen LogP contribution in [0.3, 0.4) is 0 Å². The lowest BCUT2D eigenvalue weighted by atomic mass is 10.1. The Morgan fingerprint density at radius 1 is 1.26 bits per heavy atom. The average Bonchev–Trinajstić information content (AvgIpc) is 2.42. The van der Waals surface area contributed by atoms with Gasteiger partial charge >= 0.3 is 0 Å². The van der Waals surface area contributed by atoms with E-state index in [0.29, 0.717) is 17.3 Å². The number of nitrogens with two attached hydrogens (primary N) is 1. The number of benzene rings is 1. The molecule has 0 aliphatic rings. The van der Waals surface area contributed by atoms with Gasteiger partial charge in [0.15, 0.2) is 0 Å². The van der Waals surface area contributed by atoms with Crippen LogP contribution < -0.4 is 10.5 Å². The van der Waals surface area contributed by atoms with E-state index in [2.05, 4.69) is 6.92 Å². The highest BCUT2D eigenvalue weighted by Crippen LogP contribution is 2.20. The fourth-order valence-electron chi connectivity index (χ4n) is 1.86. The molecule has 0 spiro atoms. The first kappa shape index (κ1) is 15.9. The van der Waals surface area contributed by atoms with Gasteiger partial charge in [0.1, 0.15) is 10.7 Å². The van der Waals surface area contributed by atoms with Crippen molar-refractivity contribution in [2.75, 3.05) is 13.7 Å². The zero-order chi connectivity index (χ0) is 14.1. The lowest BCUT2D eigenvalue weighted by Crippen LogP contribution is -2.11. The van der Waals surface area contributed by atoms with Gasteiger partial charge in [0.25, 0.3) is 0 Å². The van der Waals surface area contributed by atoms with E-state index in [0.717, 1.165) is 24.2 Å². The van der Waals surface area contributed by atoms with Crippen LogP contribution in [0.2, 0.25) is 0 Å². The highest BCUT2D eigenvalue weighted by Gasteiger charge is 2.07. The normalized spacial score (nSPS) is 10.4. The summed E-state index contributed by atoms with van der Waals surface area (Å²) in [6.45, 7) is 3.59. The van der Waals surface area contributed by atoms with E-state index in [4.69, 9.17) is 27.4 Å². The van der Waals surface area contributed by atoms with Crippen LogP contribution in [0.5, 0.6) is 5.75 Å². The molecule has 1 rings (SSSR count). The smallest absolute Gasteiger partial charge is 0.129 e. The van der Waals surface area contributed by atoms with Gasteiger partial charge in [0.2, 0.25) is 0 Å². The number of unbranched alkanes of at least 4 members (excludes halogenated alkanes) is 3. The lowest BCUT2D eigenvalue weighted by molar-refractivity contribution is 0.117. The van der Waals surface area contributed by atoms with Crippen molar-refractivity contribution in [3.63, 3.8) is 0 Å². The Morgan fingerprint density at radius 2 is 2.05 bits per heavy atom. The van der Waals surface area contributed by atoms with Crippen LogP contribution in [0.1, 0.15) is 43.7 Å². The Balaban J connectivity index is 2.46. The minimum Gasteiger partial charge on any atom is -0.496 e. The third-order valence-corrected chi connectivity index (χ3v) is 3.16. The van der Waals surface area contributed by atoms with Crippen LogP contribution in [0.15, 0.2) is 18.2 Å². The predicted octanol–water partition coefficient (Wildman–Crippen LogP) is 3.43. The summed E-state index contributed by atoms with van der Waals surface area (Å²) in [5.74, 6) is 0.708. The molecular formula is C15H23NO2S. The van der Waals surface area contributed by atoms with E-state index in [9.17, 15) is 0 Å². The second kappa shape index (κ2) is 8.88. The summed E-state index contributed by atoms with van der Waals surface area (Å²) in [7, 11) is 1.61. The number of ether oxygens (including phenoxy) is 2. The standard InChI is InChI=1S/C15H23NO2S/c1-3-4-5-6-9-18-11-12-7-8-14(17-2)13(10-12)15(16)19/h7-8,10H,3-6,9,11H2,1-2H3,(H2,16,19).